The van der Waals surface area contributed by atoms with Crippen LogP contribution in [0.25, 0.3) is 11.1 Å². The van der Waals surface area contributed by atoms with Crippen LogP contribution in [-0.4, -0.2) is 41.8 Å². The fourth-order valence-corrected chi connectivity index (χ4v) is 2.98. The van der Waals surface area contributed by atoms with E-state index in [0.717, 1.165) is 29.8 Å². The fraction of sp³-hybridized carbons (Fsp3) is 0.429. The average molecular weight is 362 g/mol. The molecule has 0 aromatic heterocycles. The largest absolute Gasteiger partial charge is 0.493 e. The Labute approximate surface area is 156 Å². The normalized spacial score (nSPS) is 11.8. The number of benzene rings is 2. The second-order valence-corrected chi connectivity index (χ2v) is 7.53. The lowest BCUT2D eigenvalue weighted by molar-refractivity contribution is 0.0990. The SMILES string of the molecule is CC(C)(C)N(CCO)CCCOc1ccc(Cl)cc1-c1ccccc1. The molecule has 0 bridgehead atoms. The first-order valence-corrected chi connectivity index (χ1v) is 9.13. The highest BCUT2D eigenvalue weighted by atomic mass is 35.5. The van der Waals surface area contributed by atoms with Gasteiger partial charge in [-0.3, -0.25) is 4.90 Å². The molecule has 2 rings (SSSR count). The topological polar surface area (TPSA) is 32.7 Å². The van der Waals surface area contributed by atoms with E-state index in [1.54, 1.807) is 0 Å². The van der Waals surface area contributed by atoms with Gasteiger partial charge in [0.15, 0.2) is 0 Å². The van der Waals surface area contributed by atoms with Gasteiger partial charge in [-0.1, -0.05) is 41.9 Å². The van der Waals surface area contributed by atoms with Crippen LogP contribution in [0.1, 0.15) is 27.2 Å². The molecule has 136 valence electrons. The van der Waals surface area contributed by atoms with E-state index in [-0.39, 0.29) is 12.1 Å². The Morgan fingerprint density at radius 3 is 2.40 bits per heavy atom. The van der Waals surface area contributed by atoms with Gasteiger partial charge in [-0.15, -0.1) is 0 Å². The minimum Gasteiger partial charge on any atom is -0.493 e. The molecule has 0 aliphatic rings. The quantitative estimate of drug-likeness (QED) is 0.681. The number of hydrogen-bond acceptors (Lipinski definition) is 3. The number of halogens is 1. The van der Waals surface area contributed by atoms with Crippen LogP contribution in [0.15, 0.2) is 48.5 Å². The lowest BCUT2D eigenvalue weighted by Gasteiger charge is -2.35. The molecule has 2 aromatic rings. The number of β-amino-alcohol motifs (C(OH)–C–C–N with tert-alkyl or cyclic N) is 1. The molecule has 0 amide bonds. The Morgan fingerprint density at radius 1 is 1.04 bits per heavy atom. The summed E-state index contributed by atoms with van der Waals surface area (Å²) in [5.41, 5.74) is 2.14. The molecule has 0 fully saturated rings. The van der Waals surface area contributed by atoms with Gasteiger partial charge in [0, 0.05) is 29.2 Å². The van der Waals surface area contributed by atoms with Crippen LogP contribution in [0.2, 0.25) is 5.02 Å². The summed E-state index contributed by atoms with van der Waals surface area (Å²) >= 11 is 6.17. The smallest absolute Gasteiger partial charge is 0.127 e. The van der Waals surface area contributed by atoms with Crippen molar-refractivity contribution in [1.82, 2.24) is 4.90 Å². The molecule has 0 unspecified atom stereocenters. The predicted octanol–water partition coefficient (Wildman–Crippen LogP) is 4.87. The van der Waals surface area contributed by atoms with Crippen LogP contribution < -0.4 is 4.74 Å². The van der Waals surface area contributed by atoms with E-state index < -0.39 is 0 Å². The standard InChI is InChI=1S/C21H28ClNO2/c1-21(2,3)23(13-14-24)12-7-15-25-20-11-10-18(22)16-19(20)17-8-5-4-6-9-17/h4-6,8-11,16,24H,7,12-15H2,1-3H3. The molecule has 0 heterocycles. The second kappa shape index (κ2) is 9.23. The molecule has 4 heteroatoms. The maximum Gasteiger partial charge on any atom is 0.127 e. The number of nitrogens with zero attached hydrogens (tertiary/aromatic N) is 1. The molecule has 1 N–H and O–H groups in total. The highest BCUT2D eigenvalue weighted by molar-refractivity contribution is 6.31. The van der Waals surface area contributed by atoms with Crippen molar-refractivity contribution >= 4 is 11.6 Å². The minimum absolute atomic E-state index is 0.0399. The van der Waals surface area contributed by atoms with Gasteiger partial charge >= 0.3 is 0 Å². The maximum absolute atomic E-state index is 9.24. The van der Waals surface area contributed by atoms with E-state index >= 15 is 0 Å². The molecule has 3 nitrogen and oxygen atoms in total. The second-order valence-electron chi connectivity index (χ2n) is 7.09. The summed E-state index contributed by atoms with van der Waals surface area (Å²) in [6.07, 6.45) is 0.897. The van der Waals surface area contributed by atoms with Gasteiger partial charge in [0.2, 0.25) is 0 Å². The number of ether oxygens (including phenoxy) is 1. The van der Waals surface area contributed by atoms with Gasteiger partial charge in [-0.05, 0) is 51.0 Å². The lowest BCUT2D eigenvalue weighted by atomic mass is 10.0. The molecular weight excluding hydrogens is 334 g/mol. The predicted molar refractivity (Wildman–Crippen MR) is 105 cm³/mol. The van der Waals surface area contributed by atoms with Crippen molar-refractivity contribution in [2.24, 2.45) is 0 Å². The summed E-state index contributed by atoms with van der Waals surface area (Å²) in [6.45, 7) is 8.85. The van der Waals surface area contributed by atoms with E-state index in [9.17, 15) is 5.11 Å². The molecular formula is C21H28ClNO2. The monoisotopic (exact) mass is 361 g/mol. The number of hydrogen-bond donors (Lipinski definition) is 1. The molecule has 0 aliphatic heterocycles. The Hall–Kier alpha value is -1.55. The molecule has 0 radical (unpaired) electrons. The van der Waals surface area contributed by atoms with Crippen molar-refractivity contribution in [2.45, 2.75) is 32.7 Å². The summed E-state index contributed by atoms with van der Waals surface area (Å²) in [7, 11) is 0. The van der Waals surface area contributed by atoms with Crippen LogP contribution in [0.3, 0.4) is 0 Å². The van der Waals surface area contributed by atoms with E-state index in [0.29, 0.717) is 18.2 Å². The van der Waals surface area contributed by atoms with E-state index in [2.05, 4.69) is 37.8 Å². The van der Waals surface area contributed by atoms with Gasteiger partial charge in [0.1, 0.15) is 5.75 Å². The van der Waals surface area contributed by atoms with Crippen molar-refractivity contribution in [3.63, 3.8) is 0 Å². The first kappa shape index (κ1) is 19.8. The van der Waals surface area contributed by atoms with Crippen molar-refractivity contribution in [3.05, 3.63) is 53.6 Å². The molecule has 2 aromatic carbocycles. The van der Waals surface area contributed by atoms with E-state index in [1.165, 1.54) is 0 Å². The Kier molecular flexibility index (Phi) is 7.30. The van der Waals surface area contributed by atoms with E-state index in [4.69, 9.17) is 16.3 Å². The minimum atomic E-state index is 0.0399. The molecule has 0 aliphatic carbocycles. The molecule has 0 saturated carbocycles. The van der Waals surface area contributed by atoms with Crippen LogP contribution in [-0.2, 0) is 0 Å². The zero-order valence-electron chi connectivity index (χ0n) is 15.3. The number of rotatable bonds is 8. The first-order chi connectivity index (χ1) is 11.9. The summed E-state index contributed by atoms with van der Waals surface area (Å²) in [5.74, 6) is 0.847. The summed E-state index contributed by atoms with van der Waals surface area (Å²) in [4.78, 5) is 2.27. The lowest BCUT2D eigenvalue weighted by Crippen LogP contribution is -2.43. The summed E-state index contributed by atoms with van der Waals surface area (Å²) in [6, 6.07) is 15.9. The van der Waals surface area contributed by atoms with Crippen molar-refractivity contribution in [2.75, 3.05) is 26.3 Å². The molecule has 0 saturated heterocycles. The maximum atomic E-state index is 9.24. The van der Waals surface area contributed by atoms with Crippen LogP contribution in [0.4, 0.5) is 0 Å². The molecule has 0 spiro atoms. The zero-order chi connectivity index (χ0) is 18.3. The highest BCUT2D eigenvalue weighted by Crippen LogP contribution is 2.32. The Morgan fingerprint density at radius 2 is 1.76 bits per heavy atom. The third kappa shape index (κ3) is 6.03. The number of aliphatic hydroxyl groups excluding tert-OH is 1. The third-order valence-corrected chi connectivity index (χ3v) is 4.41. The fourth-order valence-electron chi connectivity index (χ4n) is 2.81. The van der Waals surface area contributed by atoms with Crippen LogP contribution >= 0.6 is 11.6 Å². The van der Waals surface area contributed by atoms with Gasteiger partial charge in [-0.25, -0.2) is 0 Å². The molecule has 25 heavy (non-hydrogen) atoms. The third-order valence-electron chi connectivity index (χ3n) is 4.17. The zero-order valence-corrected chi connectivity index (χ0v) is 16.1. The number of aliphatic hydroxyl groups is 1. The van der Waals surface area contributed by atoms with Gasteiger partial charge < -0.3 is 9.84 Å². The van der Waals surface area contributed by atoms with Crippen molar-refractivity contribution in [3.8, 4) is 16.9 Å². The molecule has 0 atom stereocenters. The van der Waals surface area contributed by atoms with Crippen LogP contribution in [0, 0.1) is 0 Å². The Bertz CT molecular complexity index is 653. The van der Waals surface area contributed by atoms with Crippen molar-refractivity contribution in [1.29, 1.82) is 0 Å². The van der Waals surface area contributed by atoms with Crippen molar-refractivity contribution < 1.29 is 9.84 Å². The van der Waals surface area contributed by atoms with Gasteiger partial charge in [0.05, 0.1) is 13.2 Å². The summed E-state index contributed by atoms with van der Waals surface area (Å²) in [5, 5.41) is 9.94. The first-order valence-electron chi connectivity index (χ1n) is 8.75. The van der Waals surface area contributed by atoms with Gasteiger partial charge in [0.25, 0.3) is 0 Å². The van der Waals surface area contributed by atoms with E-state index in [1.807, 2.05) is 36.4 Å². The van der Waals surface area contributed by atoms with Gasteiger partial charge in [-0.2, -0.15) is 0 Å². The summed E-state index contributed by atoms with van der Waals surface area (Å²) < 4.78 is 6.04. The Balaban J connectivity index is 1.99. The average Bonchev–Trinajstić information content (AvgIpc) is 2.58. The van der Waals surface area contributed by atoms with Crippen LogP contribution in [0.5, 0.6) is 5.75 Å². The highest BCUT2D eigenvalue weighted by Gasteiger charge is 2.20.